The van der Waals surface area contributed by atoms with E-state index in [1.54, 1.807) is 0 Å². The monoisotopic (exact) mass is 368 g/mol. The Morgan fingerprint density at radius 3 is 2.20 bits per heavy atom. The molecule has 0 spiro atoms. The molecule has 3 fully saturated rings. The van der Waals surface area contributed by atoms with Gasteiger partial charge in [0.2, 0.25) is 0 Å². The first-order chi connectivity index (χ1) is 11.2. The molecule has 0 aromatic heterocycles. The van der Waals surface area contributed by atoms with Gasteiger partial charge >= 0.3 is 0 Å². The first-order valence-corrected chi connectivity index (χ1v) is 13.1. The van der Waals surface area contributed by atoms with Crippen LogP contribution in [0.2, 0.25) is 18.1 Å². The van der Waals surface area contributed by atoms with Crippen molar-refractivity contribution in [3.05, 3.63) is 0 Å². The van der Waals surface area contributed by atoms with Crippen molar-refractivity contribution in [3.63, 3.8) is 0 Å². The second-order valence-electron chi connectivity index (χ2n) is 11.6. The maximum Gasteiger partial charge on any atom is 0.192 e. The summed E-state index contributed by atoms with van der Waals surface area (Å²) in [6.45, 7) is 21.3. The van der Waals surface area contributed by atoms with Crippen LogP contribution in [-0.4, -0.2) is 37.3 Å². The van der Waals surface area contributed by atoms with E-state index in [-0.39, 0.29) is 33.7 Å². The van der Waals surface area contributed by atoms with E-state index < -0.39 is 8.32 Å². The lowest BCUT2D eigenvalue weighted by molar-refractivity contribution is -0.136. The smallest absolute Gasteiger partial charge is 0.192 e. The Labute approximate surface area is 156 Å². The molecular weight excluding hydrogens is 328 g/mol. The first-order valence-electron chi connectivity index (χ1n) is 10.2. The molecule has 1 saturated heterocycles. The van der Waals surface area contributed by atoms with Gasteiger partial charge in [-0.15, -0.1) is 0 Å². The maximum absolute atomic E-state index is 10.2. The van der Waals surface area contributed by atoms with Crippen LogP contribution in [-0.2, 0) is 9.16 Å². The normalized spacial score (nSPS) is 46.3. The molecule has 2 saturated carbocycles. The van der Waals surface area contributed by atoms with Crippen LogP contribution in [0, 0.1) is 16.7 Å². The van der Waals surface area contributed by atoms with Crippen molar-refractivity contribution < 1.29 is 14.3 Å². The average Bonchev–Trinajstić information content (AvgIpc) is 3.09. The lowest BCUT2D eigenvalue weighted by Gasteiger charge is -2.60. The second kappa shape index (κ2) is 5.33. The van der Waals surface area contributed by atoms with Crippen molar-refractivity contribution in [2.45, 2.75) is 110 Å². The molecule has 0 aromatic carbocycles. The fraction of sp³-hybridized carbons (Fsp3) is 1.00. The van der Waals surface area contributed by atoms with Gasteiger partial charge in [-0.05, 0) is 62.1 Å². The SMILES string of the molecule is CC1(C)[C@@H](O[Si](C)(C)C(C)(C)C)CC[C@@]2(C)[C@H]1CC[C@@]1(C)O[C@]12CO. The minimum atomic E-state index is -1.79. The van der Waals surface area contributed by atoms with Gasteiger partial charge in [0.05, 0.1) is 18.3 Å². The van der Waals surface area contributed by atoms with Crippen molar-refractivity contribution in [2.75, 3.05) is 6.61 Å². The van der Waals surface area contributed by atoms with Gasteiger partial charge in [-0.3, -0.25) is 0 Å². The zero-order valence-corrected chi connectivity index (χ0v) is 19.0. The second-order valence-corrected chi connectivity index (χ2v) is 16.3. The van der Waals surface area contributed by atoms with Crippen LogP contribution in [0.25, 0.3) is 0 Å². The van der Waals surface area contributed by atoms with E-state index >= 15 is 0 Å². The minimum Gasteiger partial charge on any atom is -0.413 e. The Morgan fingerprint density at radius 1 is 1.08 bits per heavy atom. The van der Waals surface area contributed by atoms with Gasteiger partial charge < -0.3 is 14.3 Å². The molecule has 1 aliphatic heterocycles. The van der Waals surface area contributed by atoms with Crippen molar-refractivity contribution in [1.29, 1.82) is 0 Å². The molecule has 0 bridgehead atoms. The Kier molecular flexibility index (Phi) is 4.23. The van der Waals surface area contributed by atoms with Crippen molar-refractivity contribution in [2.24, 2.45) is 16.7 Å². The van der Waals surface area contributed by atoms with Crippen LogP contribution in [0.15, 0.2) is 0 Å². The van der Waals surface area contributed by atoms with E-state index in [9.17, 15) is 5.11 Å². The van der Waals surface area contributed by atoms with Crippen molar-refractivity contribution in [3.8, 4) is 0 Å². The number of aliphatic hydroxyl groups excluding tert-OH is 1. The largest absolute Gasteiger partial charge is 0.413 e. The summed E-state index contributed by atoms with van der Waals surface area (Å²) in [4.78, 5) is 0. The molecule has 5 atom stereocenters. The highest BCUT2D eigenvalue weighted by atomic mass is 28.4. The molecule has 1 heterocycles. The van der Waals surface area contributed by atoms with E-state index in [0.717, 1.165) is 19.3 Å². The number of hydrogen-bond acceptors (Lipinski definition) is 3. The summed E-state index contributed by atoms with van der Waals surface area (Å²) < 4.78 is 13.2. The summed E-state index contributed by atoms with van der Waals surface area (Å²) in [5.74, 6) is 0.534. The Hall–Kier alpha value is 0.0969. The summed E-state index contributed by atoms with van der Waals surface area (Å²) in [5, 5.41) is 10.5. The average molecular weight is 369 g/mol. The van der Waals surface area contributed by atoms with E-state index in [2.05, 4.69) is 61.6 Å². The number of fused-ring (bicyclic) bond motifs is 3. The number of epoxide rings is 1. The van der Waals surface area contributed by atoms with Crippen molar-refractivity contribution >= 4 is 8.32 Å². The molecule has 3 nitrogen and oxygen atoms in total. The predicted molar refractivity (Wildman–Crippen MR) is 105 cm³/mol. The maximum atomic E-state index is 10.2. The third-order valence-electron chi connectivity index (χ3n) is 8.93. The predicted octanol–water partition coefficient (Wildman–Crippen LogP) is 5.13. The molecule has 0 unspecified atom stereocenters. The molecule has 0 aromatic rings. The zero-order valence-electron chi connectivity index (χ0n) is 18.0. The summed E-state index contributed by atoms with van der Waals surface area (Å²) >= 11 is 0. The first kappa shape index (κ1) is 19.8. The third kappa shape index (κ3) is 2.46. The fourth-order valence-electron chi connectivity index (χ4n) is 6.07. The van der Waals surface area contributed by atoms with Gasteiger partial charge in [0, 0.05) is 5.41 Å². The zero-order chi connectivity index (χ0) is 19.1. The van der Waals surface area contributed by atoms with Crippen LogP contribution in [0.1, 0.15) is 74.1 Å². The Balaban J connectivity index is 1.89. The number of aliphatic hydroxyl groups is 1. The van der Waals surface area contributed by atoms with Crippen LogP contribution >= 0.6 is 0 Å². The summed E-state index contributed by atoms with van der Waals surface area (Å²) in [7, 11) is -1.79. The highest BCUT2D eigenvalue weighted by Gasteiger charge is 2.79. The standard InChI is InChI=1S/C21H40O3Si/c1-17(2,3)25(8,9)23-16-11-12-19(6)15(18(16,4)5)10-13-20(7)21(19,14-22)24-20/h15-16,22H,10-14H2,1-9H3/t15-,16-,19-,20+,21-/m0/s1. The van der Waals surface area contributed by atoms with Crippen molar-refractivity contribution in [1.82, 2.24) is 0 Å². The van der Waals surface area contributed by atoms with Gasteiger partial charge in [0.25, 0.3) is 0 Å². The molecule has 146 valence electrons. The molecule has 0 radical (unpaired) electrons. The van der Waals surface area contributed by atoms with E-state index in [0.29, 0.717) is 12.0 Å². The number of ether oxygens (including phenoxy) is 1. The topological polar surface area (TPSA) is 42.0 Å². The van der Waals surface area contributed by atoms with Crippen LogP contribution < -0.4 is 0 Å². The molecular formula is C21H40O3Si. The summed E-state index contributed by atoms with van der Waals surface area (Å²) in [6.07, 6.45) is 4.72. The molecule has 0 amide bonds. The van der Waals surface area contributed by atoms with Crippen LogP contribution in [0.5, 0.6) is 0 Å². The number of hydrogen-bond donors (Lipinski definition) is 1. The van der Waals surface area contributed by atoms with E-state index in [1.165, 1.54) is 6.42 Å². The molecule has 25 heavy (non-hydrogen) atoms. The van der Waals surface area contributed by atoms with E-state index in [4.69, 9.17) is 9.16 Å². The molecule has 1 N–H and O–H groups in total. The Morgan fingerprint density at radius 2 is 1.68 bits per heavy atom. The van der Waals surface area contributed by atoms with Gasteiger partial charge in [0.1, 0.15) is 5.60 Å². The molecule has 4 heteroatoms. The molecule has 2 aliphatic carbocycles. The van der Waals surface area contributed by atoms with Gasteiger partial charge in [-0.1, -0.05) is 41.5 Å². The highest BCUT2D eigenvalue weighted by molar-refractivity contribution is 6.74. The highest BCUT2D eigenvalue weighted by Crippen LogP contribution is 2.73. The Bertz CT molecular complexity index is 552. The third-order valence-corrected chi connectivity index (χ3v) is 13.4. The lowest BCUT2D eigenvalue weighted by atomic mass is 9.46. The molecule has 3 aliphatic rings. The van der Waals surface area contributed by atoms with Gasteiger partial charge in [-0.2, -0.15) is 0 Å². The quantitative estimate of drug-likeness (QED) is 0.554. The van der Waals surface area contributed by atoms with Crippen LogP contribution in [0.4, 0.5) is 0 Å². The lowest BCUT2D eigenvalue weighted by Crippen LogP contribution is -2.62. The van der Waals surface area contributed by atoms with Crippen LogP contribution in [0.3, 0.4) is 0 Å². The fourth-order valence-corrected chi connectivity index (χ4v) is 7.56. The van der Waals surface area contributed by atoms with E-state index in [1.807, 2.05) is 0 Å². The molecule has 3 rings (SSSR count). The number of rotatable bonds is 3. The van der Waals surface area contributed by atoms with Gasteiger partial charge in [0.15, 0.2) is 8.32 Å². The minimum absolute atomic E-state index is 0.0472. The van der Waals surface area contributed by atoms with Gasteiger partial charge in [-0.25, -0.2) is 0 Å². The summed E-state index contributed by atoms with van der Waals surface area (Å²) in [5.41, 5.74) is -0.290. The summed E-state index contributed by atoms with van der Waals surface area (Å²) in [6, 6.07) is 0.